The van der Waals surface area contributed by atoms with Crippen molar-refractivity contribution in [2.45, 2.75) is 13.2 Å². The Kier molecular flexibility index (Phi) is 1.89. The van der Waals surface area contributed by atoms with Gasteiger partial charge in [0, 0.05) is 0 Å². The number of hydrogen-bond acceptors (Lipinski definition) is 4. The lowest BCUT2D eigenvalue weighted by Crippen LogP contribution is -2.30. The standard InChI is InChI=1S/C5H9NO3/c1-2-6-4-3-8-5(7)9-4/h4,6H,2-3H2,1H3. The van der Waals surface area contributed by atoms with Crippen molar-refractivity contribution in [1.82, 2.24) is 5.32 Å². The van der Waals surface area contributed by atoms with Gasteiger partial charge in [0.25, 0.3) is 0 Å². The van der Waals surface area contributed by atoms with Crippen molar-refractivity contribution in [3.63, 3.8) is 0 Å². The number of carbonyl (C=O) groups excluding carboxylic acids is 1. The van der Waals surface area contributed by atoms with Crippen LogP contribution in [0.5, 0.6) is 0 Å². The monoisotopic (exact) mass is 131 g/mol. The quantitative estimate of drug-likeness (QED) is 0.539. The van der Waals surface area contributed by atoms with Crippen LogP contribution in [-0.4, -0.2) is 25.5 Å². The van der Waals surface area contributed by atoms with Crippen LogP contribution in [0.2, 0.25) is 0 Å². The molecule has 1 heterocycles. The second-order valence-electron chi connectivity index (χ2n) is 1.73. The van der Waals surface area contributed by atoms with Crippen LogP contribution in [0, 0.1) is 0 Å². The number of rotatable bonds is 2. The zero-order valence-corrected chi connectivity index (χ0v) is 5.22. The average Bonchev–Trinajstić information content (AvgIpc) is 2.17. The molecule has 1 fully saturated rings. The summed E-state index contributed by atoms with van der Waals surface area (Å²) < 4.78 is 9.12. The van der Waals surface area contributed by atoms with Crippen molar-refractivity contribution in [3.05, 3.63) is 0 Å². The molecule has 1 N–H and O–H groups in total. The van der Waals surface area contributed by atoms with Crippen LogP contribution in [0.25, 0.3) is 0 Å². The first kappa shape index (κ1) is 6.35. The molecule has 4 nitrogen and oxygen atoms in total. The number of hydrogen-bond donors (Lipinski definition) is 1. The summed E-state index contributed by atoms with van der Waals surface area (Å²) in [7, 11) is 0. The van der Waals surface area contributed by atoms with Gasteiger partial charge >= 0.3 is 6.16 Å². The van der Waals surface area contributed by atoms with Gasteiger partial charge in [-0.15, -0.1) is 0 Å². The van der Waals surface area contributed by atoms with Gasteiger partial charge in [-0.25, -0.2) is 4.79 Å². The average molecular weight is 131 g/mol. The van der Waals surface area contributed by atoms with Gasteiger partial charge in [0.05, 0.1) is 0 Å². The van der Waals surface area contributed by atoms with E-state index >= 15 is 0 Å². The third-order valence-corrected chi connectivity index (χ3v) is 1.02. The third kappa shape index (κ3) is 1.57. The fourth-order valence-electron chi connectivity index (χ4n) is 0.656. The highest BCUT2D eigenvalue weighted by molar-refractivity contribution is 5.61. The molecule has 1 atom stereocenters. The van der Waals surface area contributed by atoms with Gasteiger partial charge in [-0.1, -0.05) is 6.92 Å². The highest BCUT2D eigenvalue weighted by atomic mass is 16.8. The zero-order chi connectivity index (χ0) is 6.69. The minimum Gasteiger partial charge on any atom is -0.429 e. The lowest BCUT2D eigenvalue weighted by Gasteiger charge is -2.03. The lowest BCUT2D eigenvalue weighted by molar-refractivity contribution is 0.110. The molecule has 1 aliphatic heterocycles. The van der Waals surface area contributed by atoms with E-state index in [0.29, 0.717) is 6.61 Å². The smallest absolute Gasteiger partial charge is 0.429 e. The van der Waals surface area contributed by atoms with Gasteiger partial charge in [0.15, 0.2) is 6.23 Å². The molecule has 1 rings (SSSR count). The van der Waals surface area contributed by atoms with Gasteiger partial charge < -0.3 is 9.47 Å². The molecule has 9 heavy (non-hydrogen) atoms. The van der Waals surface area contributed by atoms with Crippen LogP contribution in [0.1, 0.15) is 6.92 Å². The molecule has 0 spiro atoms. The van der Waals surface area contributed by atoms with E-state index in [0.717, 1.165) is 6.54 Å². The van der Waals surface area contributed by atoms with Gasteiger partial charge in [-0.2, -0.15) is 0 Å². The Labute approximate surface area is 53.1 Å². The molecule has 0 saturated carbocycles. The summed E-state index contributed by atoms with van der Waals surface area (Å²) in [5, 5.41) is 2.91. The molecule has 1 saturated heterocycles. The molecule has 52 valence electrons. The molecule has 0 aliphatic carbocycles. The molecular formula is C5H9NO3. The largest absolute Gasteiger partial charge is 0.510 e. The molecular weight excluding hydrogens is 122 g/mol. The van der Waals surface area contributed by atoms with E-state index in [1.807, 2.05) is 6.92 Å². The van der Waals surface area contributed by atoms with Crippen LogP contribution in [0.15, 0.2) is 0 Å². The third-order valence-electron chi connectivity index (χ3n) is 1.02. The van der Waals surface area contributed by atoms with E-state index in [1.54, 1.807) is 0 Å². The number of carbonyl (C=O) groups is 1. The molecule has 4 heteroatoms. The summed E-state index contributed by atoms with van der Waals surface area (Å²) in [6.07, 6.45) is -0.816. The molecule has 1 unspecified atom stereocenters. The van der Waals surface area contributed by atoms with Crippen LogP contribution in [0.4, 0.5) is 4.79 Å². The van der Waals surface area contributed by atoms with Crippen molar-refractivity contribution in [2.24, 2.45) is 0 Å². The molecule has 0 aromatic carbocycles. The van der Waals surface area contributed by atoms with Crippen molar-refractivity contribution in [3.8, 4) is 0 Å². The SMILES string of the molecule is CCNC1COC(=O)O1. The summed E-state index contributed by atoms with van der Waals surface area (Å²) in [4.78, 5) is 10.2. The lowest BCUT2D eigenvalue weighted by atomic mass is 10.6. The first-order valence-electron chi connectivity index (χ1n) is 2.89. The maximum absolute atomic E-state index is 10.2. The van der Waals surface area contributed by atoms with Crippen LogP contribution in [-0.2, 0) is 9.47 Å². The maximum Gasteiger partial charge on any atom is 0.510 e. The van der Waals surface area contributed by atoms with E-state index in [9.17, 15) is 4.79 Å². The predicted molar refractivity (Wildman–Crippen MR) is 29.9 cm³/mol. The Balaban J connectivity index is 2.22. The summed E-state index contributed by atoms with van der Waals surface area (Å²) in [6, 6.07) is 0. The normalized spacial score (nSPS) is 25.4. The van der Waals surface area contributed by atoms with E-state index in [2.05, 4.69) is 14.8 Å². The van der Waals surface area contributed by atoms with Gasteiger partial charge in [-0.05, 0) is 6.54 Å². The van der Waals surface area contributed by atoms with E-state index < -0.39 is 6.16 Å². The number of cyclic esters (lactones) is 2. The summed E-state index contributed by atoms with van der Waals surface area (Å²) >= 11 is 0. The van der Waals surface area contributed by atoms with Crippen LogP contribution < -0.4 is 5.32 Å². The Bertz CT molecular complexity index is 115. The van der Waals surface area contributed by atoms with Crippen molar-refractivity contribution < 1.29 is 14.3 Å². The van der Waals surface area contributed by atoms with Crippen molar-refractivity contribution in [2.75, 3.05) is 13.2 Å². The molecule has 0 aromatic heterocycles. The Hall–Kier alpha value is -0.770. The summed E-state index contributed by atoms with van der Waals surface area (Å²) in [6.45, 7) is 3.04. The zero-order valence-electron chi connectivity index (χ0n) is 5.22. The predicted octanol–water partition coefficient (Wildman–Crippen LogP) is 0.0888. The fraction of sp³-hybridized carbons (Fsp3) is 0.800. The van der Waals surface area contributed by atoms with Gasteiger partial charge in [-0.3, -0.25) is 5.32 Å². The maximum atomic E-state index is 10.2. The first-order chi connectivity index (χ1) is 4.33. The topological polar surface area (TPSA) is 47.6 Å². The molecule has 0 aromatic rings. The second-order valence-corrected chi connectivity index (χ2v) is 1.73. The van der Waals surface area contributed by atoms with E-state index in [4.69, 9.17) is 0 Å². The first-order valence-corrected chi connectivity index (χ1v) is 2.89. The van der Waals surface area contributed by atoms with Crippen molar-refractivity contribution >= 4 is 6.16 Å². The molecule has 0 amide bonds. The van der Waals surface area contributed by atoms with Gasteiger partial charge in [0.2, 0.25) is 0 Å². The molecule has 1 aliphatic rings. The number of nitrogens with one attached hydrogen (secondary N) is 1. The minimum absolute atomic E-state index is 0.234. The van der Waals surface area contributed by atoms with Gasteiger partial charge in [0.1, 0.15) is 6.61 Å². The Morgan fingerprint density at radius 2 is 2.67 bits per heavy atom. The highest BCUT2D eigenvalue weighted by Crippen LogP contribution is 2.01. The second kappa shape index (κ2) is 2.68. The number of ether oxygens (including phenoxy) is 2. The van der Waals surface area contributed by atoms with E-state index in [-0.39, 0.29) is 6.23 Å². The molecule has 0 radical (unpaired) electrons. The minimum atomic E-state index is -0.582. The number of likely N-dealkylation sites (N-methyl/N-ethyl adjacent to an activating group) is 1. The summed E-state index contributed by atoms with van der Waals surface area (Å²) in [5.74, 6) is 0. The summed E-state index contributed by atoms with van der Waals surface area (Å²) in [5.41, 5.74) is 0. The van der Waals surface area contributed by atoms with Crippen LogP contribution >= 0.6 is 0 Å². The fourth-order valence-corrected chi connectivity index (χ4v) is 0.656. The Morgan fingerprint density at radius 1 is 1.89 bits per heavy atom. The molecule has 0 bridgehead atoms. The van der Waals surface area contributed by atoms with Crippen LogP contribution in [0.3, 0.4) is 0 Å². The van der Waals surface area contributed by atoms with Crippen molar-refractivity contribution in [1.29, 1.82) is 0 Å². The Morgan fingerprint density at radius 3 is 3.11 bits per heavy atom. The van der Waals surface area contributed by atoms with E-state index in [1.165, 1.54) is 0 Å². The highest BCUT2D eigenvalue weighted by Gasteiger charge is 2.23.